The topological polar surface area (TPSA) is 37.3 Å². The lowest BCUT2D eigenvalue weighted by Crippen LogP contribution is -2.16. The Labute approximate surface area is 73.3 Å². The molecule has 2 heteroatoms. The molecule has 1 fully saturated rings. The lowest BCUT2D eigenvalue weighted by atomic mass is 9.96. The second-order valence-corrected chi connectivity index (χ2v) is 3.71. The highest BCUT2D eigenvalue weighted by molar-refractivity contribution is 5.71. The van der Waals surface area contributed by atoms with Gasteiger partial charge in [-0.1, -0.05) is 19.1 Å². The van der Waals surface area contributed by atoms with Crippen LogP contribution < -0.4 is 0 Å². The van der Waals surface area contributed by atoms with E-state index in [-0.39, 0.29) is 11.8 Å². The number of hydrogen-bond acceptors (Lipinski definition) is 1. The van der Waals surface area contributed by atoms with Crippen LogP contribution in [0.25, 0.3) is 0 Å². The van der Waals surface area contributed by atoms with E-state index in [9.17, 15) is 4.79 Å². The minimum atomic E-state index is -0.637. The summed E-state index contributed by atoms with van der Waals surface area (Å²) in [5, 5.41) is 8.89. The summed E-state index contributed by atoms with van der Waals surface area (Å²) in [6.07, 6.45) is 5.85. The molecule has 0 aromatic carbocycles. The monoisotopic (exact) mass is 168 g/mol. The third-order valence-electron chi connectivity index (χ3n) is 2.60. The molecule has 3 atom stereocenters. The van der Waals surface area contributed by atoms with Crippen molar-refractivity contribution in [2.45, 2.75) is 26.7 Å². The Balaban J connectivity index is 2.65. The van der Waals surface area contributed by atoms with Gasteiger partial charge >= 0.3 is 5.97 Å². The largest absolute Gasteiger partial charge is 0.481 e. The van der Waals surface area contributed by atoms with E-state index < -0.39 is 5.97 Å². The lowest BCUT2D eigenvalue weighted by molar-refractivity contribution is -0.142. The average Bonchev–Trinajstić information content (AvgIpc) is 2.32. The molecule has 1 rings (SSSR count). The van der Waals surface area contributed by atoms with Gasteiger partial charge in [-0.25, -0.2) is 0 Å². The minimum Gasteiger partial charge on any atom is -0.481 e. The molecule has 1 aliphatic carbocycles. The number of rotatable bonds is 2. The summed E-state index contributed by atoms with van der Waals surface area (Å²) in [5.41, 5.74) is 0. The van der Waals surface area contributed by atoms with Crippen LogP contribution in [0.5, 0.6) is 0 Å². The number of hydrogen-bond donors (Lipinski definition) is 1. The van der Waals surface area contributed by atoms with Crippen LogP contribution in [0.3, 0.4) is 0 Å². The molecular formula is C10H16O2. The smallest absolute Gasteiger partial charge is 0.307 e. The summed E-state index contributed by atoms with van der Waals surface area (Å²) in [6, 6.07) is 0. The number of aliphatic carboxylic acids is 1. The molecule has 0 radical (unpaired) electrons. The second kappa shape index (κ2) is 3.74. The summed E-state index contributed by atoms with van der Waals surface area (Å²) in [4.78, 5) is 10.8. The van der Waals surface area contributed by atoms with Crippen LogP contribution in [0.4, 0.5) is 0 Å². The van der Waals surface area contributed by atoms with E-state index in [1.54, 1.807) is 0 Å². The molecule has 68 valence electrons. The number of carbonyl (C=O) groups is 1. The fraction of sp³-hybridized carbons (Fsp3) is 0.700. The molecule has 0 aliphatic heterocycles. The molecule has 1 N–H and O–H groups in total. The van der Waals surface area contributed by atoms with Crippen molar-refractivity contribution in [2.24, 2.45) is 17.8 Å². The Morgan fingerprint density at radius 2 is 2.17 bits per heavy atom. The quantitative estimate of drug-likeness (QED) is 0.642. The Bertz CT molecular complexity index is 196. The van der Waals surface area contributed by atoms with Crippen LogP contribution in [0, 0.1) is 17.8 Å². The zero-order chi connectivity index (χ0) is 9.14. The van der Waals surface area contributed by atoms with Gasteiger partial charge in [-0.05, 0) is 31.6 Å². The van der Waals surface area contributed by atoms with E-state index in [4.69, 9.17) is 5.11 Å². The van der Waals surface area contributed by atoms with Crippen LogP contribution >= 0.6 is 0 Å². The third-order valence-corrected chi connectivity index (χ3v) is 2.60. The van der Waals surface area contributed by atoms with E-state index in [2.05, 4.69) is 6.92 Å². The van der Waals surface area contributed by atoms with Gasteiger partial charge in [0, 0.05) is 0 Å². The zero-order valence-electron chi connectivity index (χ0n) is 7.66. The summed E-state index contributed by atoms with van der Waals surface area (Å²) < 4.78 is 0. The summed E-state index contributed by atoms with van der Waals surface area (Å²) in [6.45, 7) is 4.07. The number of carboxylic acids is 1. The molecule has 0 amide bonds. The molecule has 1 saturated carbocycles. The van der Waals surface area contributed by atoms with Gasteiger partial charge in [0.2, 0.25) is 0 Å². The standard InChI is InChI=1S/C10H16O2/c1-3-4-8-5-7(2)6-9(8)10(11)12/h3-4,7-9H,5-6H2,1-2H3,(H,11,12)/b4-3+. The minimum absolute atomic E-state index is 0.142. The second-order valence-electron chi connectivity index (χ2n) is 3.71. The molecule has 12 heavy (non-hydrogen) atoms. The van der Waals surface area contributed by atoms with Gasteiger partial charge < -0.3 is 5.11 Å². The van der Waals surface area contributed by atoms with E-state index in [0.29, 0.717) is 5.92 Å². The predicted octanol–water partition coefficient (Wildman–Crippen LogP) is 2.31. The normalized spacial score (nSPS) is 36.0. The average molecular weight is 168 g/mol. The van der Waals surface area contributed by atoms with Crippen molar-refractivity contribution in [3.05, 3.63) is 12.2 Å². The van der Waals surface area contributed by atoms with Crippen LogP contribution in [0.15, 0.2) is 12.2 Å². The molecular weight excluding hydrogens is 152 g/mol. The highest BCUT2D eigenvalue weighted by atomic mass is 16.4. The van der Waals surface area contributed by atoms with E-state index in [1.807, 2.05) is 19.1 Å². The van der Waals surface area contributed by atoms with Gasteiger partial charge in [0.25, 0.3) is 0 Å². The maximum absolute atomic E-state index is 10.8. The molecule has 0 saturated heterocycles. The van der Waals surface area contributed by atoms with Gasteiger partial charge in [-0.3, -0.25) is 4.79 Å². The van der Waals surface area contributed by atoms with E-state index in [1.165, 1.54) is 0 Å². The van der Waals surface area contributed by atoms with E-state index >= 15 is 0 Å². The Morgan fingerprint density at radius 3 is 2.67 bits per heavy atom. The number of allylic oxidation sites excluding steroid dienone is 2. The molecule has 0 spiro atoms. The SMILES string of the molecule is C/C=C/C1CC(C)CC1C(=O)O. The van der Waals surface area contributed by atoms with Gasteiger partial charge in [0.1, 0.15) is 0 Å². The van der Waals surface area contributed by atoms with Crippen molar-refractivity contribution < 1.29 is 9.90 Å². The molecule has 0 aromatic rings. The molecule has 1 aliphatic rings. The van der Waals surface area contributed by atoms with Crippen molar-refractivity contribution in [3.63, 3.8) is 0 Å². The summed E-state index contributed by atoms with van der Waals surface area (Å²) >= 11 is 0. The van der Waals surface area contributed by atoms with Crippen LogP contribution in [-0.2, 0) is 4.79 Å². The molecule has 3 unspecified atom stereocenters. The molecule has 2 nitrogen and oxygen atoms in total. The first kappa shape index (κ1) is 9.30. The first-order valence-corrected chi connectivity index (χ1v) is 4.50. The Morgan fingerprint density at radius 1 is 1.50 bits per heavy atom. The van der Waals surface area contributed by atoms with Crippen molar-refractivity contribution in [1.29, 1.82) is 0 Å². The molecule has 0 heterocycles. The van der Waals surface area contributed by atoms with Crippen molar-refractivity contribution in [3.8, 4) is 0 Å². The van der Waals surface area contributed by atoms with Crippen LogP contribution in [0.1, 0.15) is 26.7 Å². The maximum atomic E-state index is 10.8. The fourth-order valence-electron chi connectivity index (χ4n) is 2.08. The van der Waals surface area contributed by atoms with Crippen molar-refractivity contribution in [1.82, 2.24) is 0 Å². The molecule has 0 bridgehead atoms. The fourth-order valence-corrected chi connectivity index (χ4v) is 2.08. The van der Waals surface area contributed by atoms with Gasteiger partial charge in [0.05, 0.1) is 5.92 Å². The van der Waals surface area contributed by atoms with E-state index in [0.717, 1.165) is 12.8 Å². The van der Waals surface area contributed by atoms with Crippen LogP contribution in [0.2, 0.25) is 0 Å². The maximum Gasteiger partial charge on any atom is 0.307 e. The van der Waals surface area contributed by atoms with Crippen LogP contribution in [-0.4, -0.2) is 11.1 Å². The Hall–Kier alpha value is -0.790. The highest BCUT2D eigenvalue weighted by Gasteiger charge is 2.34. The van der Waals surface area contributed by atoms with Crippen molar-refractivity contribution in [2.75, 3.05) is 0 Å². The summed E-state index contributed by atoms with van der Waals surface area (Å²) in [5.74, 6) is 0.0495. The zero-order valence-corrected chi connectivity index (χ0v) is 7.66. The summed E-state index contributed by atoms with van der Waals surface area (Å²) in [7, 11) is 0. The number of carboxylic acid groups (broad SMARTS) is 1. The first-order valence-electron chi connectivity index (χ1n) is 4.50. The van der Waals surface area contributed by atoms with Gasteiger partial charge in [-0.15, -0.1) is 0 Å². The predicted molar refractivity (Wildman–Crippen MR) is 47.8 cm³/mol. The van der Waals surface area contributed by atoms with Gasteiger partial charge in [0.15, 0.2) is 0 Å². The third kappa shape index (κ3) is 1.87. The lowest BCUT2D eigenvalue weighted by Gasteiger charge is -2.09. The van der Waals surface area contributed by atoms with Crippen molar-refractivity contribution >= 4 is 5.97 Å². The first-order chi connectivity index (χ1) is 5.65. The molecule has 0 aromatic heterocycles. The highest BCUT2D eigenvalue weighted by Crippen LogP contribution is 2.37. The van der Waals surface area contributed by atoms with Gasteiger partial charge in [-0.2, -0.15) is 0 Å². The Kier molecular flexibility index (Phi) is 2.90.